The van der Waals surface area contributed by atoms with Crippen molar-refractivity contribution in [1.29, 1.82) is 0 Å². The maximum atomic E-state index is 2.58. The summed E-state index contributed by atoms with van der Waals surface area (Å²) >= 11 is 0. The Kier molecular flexibility index (Phi) is 4.79. The number of hydrogen-bond donors (Lipinski definition) is 0. The van der Waals surface area contributed by atoms with Crippen molar-refractivity contribution in [2.24, 2.45) is 0 Å². The molecule has 4 aromatic rings. The van der Waals surface area contributed by atoms with Crippen LogP contribution in [-0.2, 0) is 13.1 Å². The molecule has 1 aromatic heterocycles. The van der Waals surface area contributed by atoms with Crippen molar-refractivity contribution in [3.63, 3.8) is 0 Å². The van der Waals surface area contributed by atoms with Crippen LogP contribution in [0.1, 0.15) is 29.7 Å². The van der Waals surface area contributed by atoms with Crippen LogP contribution in [0.3, 0.4) is 0 Å². The number of nitrogens with zero attached hydrogens (tertiary/aromatic N) is 2. The maximum absolute atomic E-state index is 2.58. The second-order valence-electron chi connectivity index (χ2n) is 8.03. The van der Waals surface area contributed by atoms with Crippen LogP contribution in [0.2, 0.25) is 0 Å². The van der Waals surface area contributed by atoms with Crippen LogP contribution in [-0.4, -0.2) is 16.0 Å². The molecule has 5 rings (SSSR count). The highest BCUT2D eigenvalue weighted by atomic mass is 15.2. The smallest absolute Gasteiger partial charge is 0.0534 e. The minimum absolute atomic E-state index is 0.472. The Morgan fingerprint density at radius 2 is 1.41 bits per heavy atom. The topological polar surface area (TPSA) is 8.17 Å². The van der Waals surface area contributed by atoms with Gasteiger partial charge in [0.25, 0.3) is 0 Å². The van der Waals surface area contributed by atoms with E-state index in [1.165, 1.54) is 33.8 Å². The summed E-state index contributed by atoms with van der Waals surface area (Å²) in [5.41, 5.74) is 8.09. The first-order chi connectivity index (χ1) is 14.3. The molecular weight excluding hydrogens is 352 g/mol. The SMILES string of the molecule is CC1CN(Cc2ccccc2)Cc2cc(-c3ccccc3)n(-c3ccccc3)c21. The van der Waals surface area contributed by atoms with E-state index in [2.05, 4.69) is 113 Å². The van der Waals surface area contributed by atoms with Crippen LogP contribution in [0, 0.1) is 0 Å². The van der Waals surface area contributed by atoms with Crippen molar-refractivity contribution in [2.45, 2.75) is 25.9 Å². The first kappa shape index (κ1) is 18.0. The monoisotopic (exact) mass is 378 g/mol. The quantitative estimate of drug-likeness (QED) is 0.407. The van der Waals surface area contributed by atoms with Crippen molar-refractivity contribution in [3.05, 3.63) is 114 Å². The Hall–Kier alpha value is -3.10. The highest BCUT2D eigenvalue weighted by Gasteiger charge is 2.28. The average molecular weight is 379 g/mol. The lowest BCUT2D eigenvalue weighted by atomic mass is 9.97. The second kappa shape index (κ2) is 7.73. The van der Waals surface area contributed by atoms with E-state index in [-0.39, 0.29) is 0 Å². The molecule has 0 aliphatic carbocycles. The summed E-state index contributed by atoms with van der Waals surface area (Å²) in [6.07, 6.45) is 0. The summed E-state index contributed by atoms with van der Waals surface area (Å²) < 4.78 is 2.48. The van der Waals surface area contributed by atoms with Crippen LogP contribution in [0.25, 0.3) is 16.9 Å². The molecule has 1 unspecified atom stereocenters. The van der Waals surface area contributed by atoms with Gasteiger partial charge in [0.1, 0.15) is 0 Å². The van der Waals surface area contributed by atoms with Gasteiger partial charge < -0.3 is 4.57 Å². The molecule has 1 aliphatic heterocycles. The van der Waals surface area contributed by atoms with Gasteiger partial charge in [-0.25, -0.2) is 0 Å². The van der Waals surface area contributed by atoms with Gasteiger partial charge in [-0.15, -0.1) is 0 Å². The number of para-hydroxylation sites is 1. The average Bonchev–Trinajstić information content (AvgIpc) is 3.16. The zero-order valence-corrected chi connectivity index (χ0v) is 16.8. The van der Waals surface area contributed by atoms with Gasteiger partial charge in [-0.05, 0) is 34.9 Å². The molecule has 3 aromatic carbocycles. The molecule has 1 atom stereocenters. The van der Waals surface area contributed by atoms with Crippen LogP contribution in [0.4, 0.5) is 0 Å². The molecule has 2 heteroatoms. The second-order valence-corrected chi connectivity index (χ2v) is 8.03. The third kappa shape index (κ3) is 3.52. The lowest BCUT2D eigenvalue weighted by Gasteiger charge is -2.32. The molecular formula is C27H26N2. The van der Waals surface area contributed by atoms with Crippen LogP contribution >= 0.6 is 0 Å². The van der Waals surface area contributed by atoms with E-state index in [0.717, 1.165) is 19.6 Å². The van der Waals surface area contributed by atoms with E-state index in [4.69, 9.17) is 0 Å². The van der Waals surface area contributed by atoms with Gasteiger partial charge in [0, 0.05) is 36.9 Å². The van der Waals surface area contributed by atoms with Crippen molar-refractivity contribution in [2.75, 3.05) is 6.54 Å². The molecule has 2 heterocycles. The molecule has 0 spiro atoms. The molecule has 0 bridgehead atoms. The van der Waals surface area contributed by atoms with Gasteiger partial charge in [-0.2, -0.15) is 0 Å². The normalized spacial score (nSPS) is 16.5. The van der Waals surface area contributed by atoms with Gasteiger partial charge in [0.15, 0.2) is 0 Å². The predicted octanol–water partition coefficient (Wildman–Crippen LogP) is 6.26. The molecule has 0 radical (unpaired) electrons. The summed E-state index contributed by atoms with van der Waals surface area (Å²) in [6.45, 7) is 5.44. The van der Waals surface area contributed by atoms with Crippen LogP contribution in [0.15, 0.2) is 97.1 Å². The van der Waals surface area contributed by atoms with Crippen LogP contribution < -0.4 is 0 Å². The number of rotatable bonds is 4. The first-order valence-corrected chi connectivity index (χ1v) is 10.4. The number of benzene rings is 3. The Morgan fingerprint density at radius 1 is 0.793 bits per heavy atom. The van der Waals surface area contributed by atoms with E-state index < -0.39 is 0 Å². The number of hydrogen-bond acceptors (Lipinski definition) is 1. The van der Waals surface area contributed by atoms with Gasteiger partial charge in [-0.1, -0.05) is 85.8 Å². The Balaban J connectivity index is 1.58. The molecule has 2 nitrogen and oxygen atoms in total. The van der Waals surface area contributed by atoms with Gasteiger partial charge in [-0.3, -0.25) is 4.90 Å². The molecule has 1 aliphatic rings. The van der Waals surface area contributed by atoms with Crippen LogP contribution in [0.5, 0.6) is 0 Å². The third-order valence-electron chi connectivity index (χ3n) is 5.85. The largest absolute Gasteiger partial charge is 0.313 e. The molecule has 29 heavy (non-hydrogen) atoms. The molecule has 0 saturated carbocycles. The van der Waals surface area contributed by atoms with Gasteiger partial charge in [0.2, 0.25) is 0 Å². The summed E-state index contributed by atoms with van der Waals surface area (Å²) in [5.74, 6) is 0.472. The molecule has 0 amide bonds. The van der Waals surface area contributed by atoms with E-state index in [1.807, 2.05) is 0 Å². The zero-order valence-electron chi connectivity index (χ0n) is 16.8. The lowest BCUT2D eigenvalue weighted by Crippen LogP contribution is -2.32. The van der Waals surface area contributed by atoms with E-state index in [1.54, 1.807) is 0 Å². The Morgan fingerprint density at radius 3 is 2.10 bits per heavy atom. The minimum Gasteiger partial charge on any atom is -0.313 e. The first-order valence-electron chi connectivity index (χ1n) is 10.4. The fourth-order valence-corrected chi connectivity index (χ4v) is 4.66. The highest BCUT2D eigenvalue weighted by molar-refractivity contribution is 5.66. The third-order valence-corrected chi connectivity index (χ3v) is 5.85. The Bertz CT molecular complexity index is 1080. The molecule has 0 N–H and O–H groups in total. The number of aromatic nitrogens is 1. The molecule has 0 saturated heterocycles. The predicted molar refractivity (Wildman–Crippen MR) is 120 cm³/mol. The van der Waals surface area contributed by atoms with Crippen molar-refractivity contribution < 1.29 is 0 Å². The van der Waals surface area contributed by atoms with E-state index >= 15 is 0 Å². The zero-order chi connectivity index (χ0) is 19.6. The van der Waals surface area contributed by atoms with Crippen molar-refractivity contribution in [1.82, 2.24) is 9.47 Å². The van der Waals surface area contributed by atoms with E-state index in [0.29, 0.717) is 5.92 Å². The molecule has 144 valence electrons. The van der Waals surface area contributed by atoms with Gasteiger partial charge >= 0.3 is 0 Å². The summed E-state index contributed by atoms with van der Waals surface area (Å²) in [4.78, 5) is 2.58. The van der Waals surface area contributed by atoms with Gasteiger partial charge in [0.05, 0.1) is 5.69 Å². The maximum Gasteiger partial charge on any atom is 0.0534 e. The Labute approximate surface area is 173 Å². The summed E-state index contributed by atoms with van der Waals surface area (Å²) in [6, 6.07) is 34.8. The summed E-state index contributed by atoms with van der Waals surface area (Å²) in [5, 5.41) is 0. The number of fused-ring (bicyclic) bond motifs is 1. The standard InChI is InChI=1S/C27H26N2/c1-21-18-28(19-22-11-5-2-6-12-22)20-24-17-26(23-13-7-3-8-14-23)29(27(21)24)25-15-9-4-10-16-25/h2-17,21H,18-20H2,1H3. The highest BCUT2D eigenvalue weighted by Crippen LogP contribution is 2.37. The lowest BCUT2D eigenvalue weighted by molar-refractivity contribution is 0.224. The summed E-state index contributed by atoms with van der Waals surface area (Å²) in [7, 11) is 0. The van der Waals surface area contributed by atoms with Crippen molar-refractivity contribution in [3.8, 4) is 16.9 Å². The fourth-order valence-electron chi connectivity index (χ4n) is 4.66. The van der Waals surface area contributed by atoms with Crippen molar-refractivity contribution >= 4 is 0 Å². The fraction of sp³-hybridized carbons (Fsp3) is 0.185. The molecule has 0 fully saturated rings. The van der Waals surface area contributed by atoms with E-state index in [9.17, 15) is 0 Å². The minimum atomic E-state index is 0.472.